The van der Waals surface area contributed by atoms with Gasteiger partial charge in [0.2, 0.25) is 5.91 Å². The van der Waals surface area contributed by atoms with Crippen LogP contribution in [0.1, 0.15) is 23.6 Å². The molecule has 3 amide bonds. The van der Waals surface area contributed by atoms with Crippen molar-refractivity contribution in [1.82, 2.24) is 20.5 Å². The Bertz CT molecular complexity index is 620. The van der Waals surface area contributed by atoms with Gasteiger partial charge in [0.25, 0.3) is 0 Å². The summed E-state index contributed by atoms with van der Waals surface area (Å²) in [5.74, 6) is -0.0240. The van der Waals surface area contributed by atoms with Crippen molar-refractivity contribution in [3.8, 4) is 0 Å². The van der Waals surface area contributed by atoms with Crippen LogP contribution in [-0.2, 0) is 4.79 Å². The van der Waals surface area contributed by atoms with Gasteiger partial charge in [0, 0.05) is 39.5 Å². The van der Waals surface area contributed by atoms with Gasteiger partial charge in [-0.15, -0.1) is 0 Å². The second kappa shape index (κ2) is 8.67. The number of urea groups is 1. The van der Waals surface area contributed by atoms with Crippen molar-refractivity contribution in [1.29, 1.82) is 0 Å². The number of hydrogen-bond donors (Lipinski definition) is 2. The zero-order valence-electron chi connectivity index (χ0n) is 13.9. The van der Waals surface area contributed by atoms with Gasteiger partial charge in [0.05, 0.1) is 6.04 Å². The lowest BCUT2D eigenvalue weighted by molar-refractivity contribution is -0.128. The summed E-state index contributed by atoms with van der Waals surface area (Å²) in [5.41, 5.74) is 1.92. The summed E-state index contributed by atoms with van der Waals surface area (Å²) >= 11 is 0. The van der Waals surface area contributed by atoms with E-state index in [1.165, 1.54) is 4.90 Å². The van der Waals surface area contributed by atoms with Gasteiger partial charge >= 0.3 is 6.03 Å². The first kappa shape index (κ1) is 17.5. The molecule has 2 N–H and O–H groups in total. The minimum atomic E-state index is -0.313. The second-order valence-corrected chi connectivity index (χ2v) is 5.56. The highest BCUT2D eigenvalue weighted by atomic mass is 16.2. The Morgan fingerprint density at radius 3 is 2.29 bits per heavy atom. The smallest absolute Gasteiger partial charge is 0.315 e. The van der Waals surface area contributed by atoms with E-state index in [1.807, 2.05) is 42.5 Å². The number of rotatable bonds is 6. The van der Waals surface area contributed by atoms with Gasteiger partial charge < -0.3 is 15.5 Å². The van der Waals surface area contributed by atoms with Crippen LogP contribution >= 0.6 is 0 Å². The van der Waals surface area contributed by atoms with Gasteiger partial charge in [-0.05, 0) is 23.3 Å². The number of nitrogens with zero attached hydrogens (tertiary/aromatic N) is 2. The number of pyridine rings is 1. The van der Waals surface area contributed by atoms with Crippen molar-refractivity contribution >= 4 is 11.9 Å². The van der Waals surface area contributed by atoms with Crippen LogP contribution in [0.3, 0.4) is 0 Å². The Labute approximate surface area is 141 Å². The first-order valence-electron chi connectivity index (χ1n) is 7.77. The molecule has 24 heavy (non-hydrogen) atoms. The van der Waals surface area contributed by atoms with Crippen LogP contribution in [0, 0.1) is 0 Å². The fraction of sp³-hybridized carbons (Fsp3) is 0.278. The molecule has 0 radical (unpaired) electrons. The summed E-state index contributed by atoms with van der Waals surface area (Å²) in [5, 5.41) is 5.68. The summed E-state index contributed by atoms with van der Waals surface area (Å²) < 4.78 is 0. The molecule has 1 aromatic heterocycles. The minimum absolute atomic E-state index is 0.0240. The van der Waals surface area contributed by atoms with E-state index < -0.39 is 0 Å². The molecule has 1 unspecified atom stereocenters. The third-order valence-corrected chi connectivity index (χ3v) is 3.57. The topological polar surface area (TPSA) is 74.3 Å². The Morgan fingerprint density at radius 2 is 1.67 bits per heavy atom. The molecular formula is C18H22N4O2. The largest absolute Gasteiger partial charge is 0.349 e. The van der Waals surface area contributed by atoms with E-state index in [1.54, 1.807) is 26.5 Å². The predicted molar refractivity (Wildman–Crippen MR) is 92.4 cm³/mol. The zero-order valence-corrected chi connectivity index (χ0v) is 13.9. The third kappa shape index (κ3) is 5.08. The van der Waals surface area contributed by atoms with Crippen LogP contribution in [-0.4, -0.2) is 42.5 Å². The summed E-state index contributed by atoms with van der Waals surface area (Å²) in [4.78, 5) is 29.2. The van der Waals surface area contributed by atoms with Crippen molar-refractivity contribution in [2.75, 3.05) is 20.6 Å². The van der Waals surface area contributed by atoms with E-state index in [9.17, 15) is 9.59 Å². The number of amides is 3. The summed E-state index contributed by atoms with van der Waals surface area (Å²) in [7, 11) is 3.38. The molecule has 1 atom stereocenters. The maximum atomic E-state index is 12.2. The van der Waals surface area contributed by atoms with Crippen LogP contribution in [0.4, 0.5) is 4.79 Å². The lowest BCUT2D eigenvalue weighted by Crippen LogP contribution is -2.40. The van der Waals surface area contributed by atoms with E-state index in [-0.39, 0.29) is 24.4 Å². The van der Waals surface area contributed by atoms with Crippen LogP contribution in [0.15, 0.2) is 54.9 Å². The van der Waals surface area contributed by atoms with Gasteiger partial charge in [0.1, 0.15) is 0 Å². The first-order chi connectivity index (χ1) is 11.6. The molecular weight excluding hydrogens is 304 g/mol. The highest BCUT2D eigenvalue weighted by Gasteiger charge is 2.16. The van der Waals surface area contributed by atoms with E-state index in [0.29, 0.717) is 6.54 Å². The lowest BCUT2D eigenvalue weighted by Gasteiger charge is -2.20. The zero-order chi connectivity index (χ0) is 17.4. The van der Waals surface area contributed by atoms with Gasteiger partial charge in [0.15, 0.2) is 0 Å². The van der Waals surface area contributed by atoms with Gasteiger partial charge in [-0.1, -0.05) is 30.3 Å². The average Bonchev–Trinajstić information content (AvgIpc) is 2.61. The van der Waals surface area contributed by atoms with E-state index in [0.717, 1.165) is 11.1 Å². The molecule has 0 saturated carbocycles. The predicted octanol–water partition coefficient (Wildman–Crippen LogP) is 1.95. The van der Waals surface area contributed by atoms with Crippen molar-refractivity contribution in [3.05, 3.63) is 66.0 Å². The van der Waals surface area contributed by atoms with Gasteiger partial charge in [-0.3, -0.25) is 9.78 Å². The molecule has 2 rings (SSSR count). The SMILES string of the molecule is CN(C)C(=O)CCNC(=O)NC(c1ccccc1)c1ccncc1. The molecule has 6 nitrogen and oxygen atoms in total. The Hall–Kier alpha value is -2.89. The fourth-order valence-electron chi connectivity index (χ4n) is 2.25. The molecule has 1 aromatic carbocycles. The second-order valence-electron chi connectivity index (χ2n) is 5.56. The van der Waals surface area contributed by atoms with Crippen molar-refractivity contribution in [3.63, 3.8) is 0 Å². The first-order valence-corrected chi connectivity index (χ1v) is 7.77. The summed E-state index contributed by atoms with van der Waals surface area (Å²) in [6, 6.07) is 12.9. The monoisotopic (exact) mass is 326 g/mol. The molecule has 1 heterocycles. The Kier molecular flexibility index (Phi) is 6.31. The number of aromatic nitrogens is 1. The average molecular weight is 326 g/mol. The number of carbonyl (C=O) groups excluding carboxylic acids is 2. The minimum Gasteiger partial charge on any atom is -0.349 e. The number of benzene rings is 1. The van der Waals surface area contributed by atoms with Gasteiger partial charge in [-0.25, -0.2) is 4.79 Å². The Morgan fingerprint density at radius 1 is 1.04 bits per heavy atom. The summed E-state index contributed by atoms with van der Waals surface area (Å²) in [6.45, 7) is 0.292. The van der Waals surface area contributed by atoms with E-state index in [2.05, 4.69) is 15.6 Å². The number of hydrogen-bond acceptors (Lipinski definition) is 3. The van der Waals surface area contributed by atoms with Crippen LogP contribution in [0.2, 0.25) is 0 Å². The molecule has 2 aromatic rings. The molecule has 0 aliphatic rings. The molecule has 0 saturated heterocycles. The third-order valence-electron chi connectivity index (χ3n) is 3.57. The van der Waals surface area contributed by atoms with E-state index in [4.69, 9.17) is 0 Å². The normalized spacial score (nSPS) is 11.4. The Balaban J connectivity index is 2.01. The molecule has 0 spiro atoms. The van der Waals surface area contributed by atoms with Crippen molar-refractivity contribution in [2.45, 2.75) is 12.5 Å². The fourth-order valence-corrected chi connectivity index (χ4v) is 2.25. The quantitative estimate of drug-likeness (QED) is 0.852. The van der Waals surface area contributed by atoms with Crippen molar-refractivity contribution < 1.29 is 9.59 Å². The van der Waals surface area contributed by atoms with Crippen molar-refractivity contribution in [2.24, 2.45) is 0 Å². The molecule has 126 valence electrons. The molecule has 0 bridgehead atoms. The maximum Gasteiger partial charge on any atom is 0.315 e. The van der Waals surface area contributed by atoms with Crippen LogP contribution in [0.5, 0.6) is 0 Å². The standard InChI is InChI=1S/C18H22N4O2/c1-22(2)16(23)10-13-20-18(24)21-17(14-6-4-3-5-7-14)15-8-11-19-12-9-15/h3-9,11-12,17H,10,13H2,1-2H3,(H2,20,21,24). The molecule has 0 aliphatic heterocycles. The highest BCUT2D eigenvalue weighted by Crippen LogP contribution is 2.21. The number of carbonyl (C=O) groups is 2. The van der Waals surface area contributed by atoms with Gasteiger partial charge in [-0.2, -0.15) is 0 Å². The highest BCUT2D eigenvalue weighted by molar-refractivity contribution is 5.78. The van der Waals surface area contributed by atoms with E-state index >= 15 is 0 Å². The maximum absolute atomic E-state index is 12.2. The molecule has 6 heteroatoms. The lowest BCUT2D eigenvalue weighted by atomic mass is 10.00. The van der Waals surface area contributed by atoms with Crippen LogP contribution < -0.4 is 10.6 Å². The molecule has 0 fully saturated rings. The number of nitrogens with one attached hydrogen (secondary N) is 2. The van der Waals surface area contributed by atoms with Crippen LogP contribution in [0.25, 0.3) is 0 Å². The summed E-state index contributed by atoms with van der Waals surface area (Å²) in [6.07, 6.45) is 3.66. The molecule has 0 aliphatic carbocycles.